The summed E-state index contributed by atoms with van der Waals surface area (Å²) >= 11 is 0. The lowest BCUT2D eigenvalue weighted by Gasteiger charge is -2.31. The Morgan fingerprint density at radius 1 is 0.740 bits per heavy atom. The molecule has 0 aliphatic carbocycles. The molecule has 4 aromatic carbocycles. The lowest BCUT2D eigenvalue weighted by Crippen LogP contribution is -2.57. The molecule has 11 heteroatoms. The number of ether oxygens (including phenoxy) is 1. The van der Waals surface area contributed by atoms with Gasteiger partial charge in [0.1, 0.15) is 6.61 Å². The molecule has 0 aliphatic rings. The molecule has 0 radical (unpaired) electrons. The van der Waals surface area contributed by atoms with Crippen molar-refractivity contribution in [1.29, 1.82) is 0 Å². The molecule has 0 fully saturated rings. The van der Waals surface area contributed by atoms with Crippen LogP contribution in [0.2, 0.25) is 0 Å². The number of benzene rings is 4. The van der Waals surface area contributed by atoms with Crippen LogP contribution in [0.3, 0.4) is 0 Å². The number of alkyl halides is 3. The molecule has 8 nitrogen and oxygen atoms in total. The van der Waals surface area contributed by atoms with Crippen LogP contribution in [0, 0.1) is 0 Å². The van der Waals surface area contributed by atoms with Gasteiger partial charge in [-0.1, -0.05) is 86.6 Å². The first kappa shape index (κ1) is 37.4. The molecule has 3 amide bonds. The highest BCUT2D eigenvalue weighted by Crippen LogP contribution is 2.33. The number of anilines is 1. The number of amides is 3. The number of likely N-dealkylation sites (N-methyl/N-ethyl adjacent to an activating group) is 2. The molecule has 0 aromatic heterocycles. The highest BCUT2D eigenvalue weighted by Gasteiger charge is 2.48. The Bertz CT molecular complexity index is 1810. The molecule has 0 aliphatic heterocycles. The highest BCUT2D eigenvalue weighted by molar-refractivity contribution is 6.11. The summed E-state index contributed by atoms with van der Waals surface area (Å²) in [4.78, 5) is 53.6. The first-order valence-electron chi connectivity index (χ1n) is 16.3. The van der Waals surface area contributed by atoms with E-state index in [-0.39, 0.29) is 31.0 Å². The molecule has 4 rings (SSSR count). The molecule has 3 N–H and O–H groups in total. The van der Waals surface area contributed by atoms with Crippen molar-refractivity contribution in [3.05, 3.63) is 125 Å². The van der Waals surface area contributed by atoms with Gasteiger partial charge in [0.05, 0.1) is 12.0 Å². The third-order valence-corrected chi connectivity index (χ3v) is 8.20. The normalized spacial score (nSPS) is 11.5. The van der Waals surface area contributed by atoms with Crippen LogP contribution in [0.1, 0.15) is 66.2 Å². The third kappa shape index (κ3) is 8.58. The first-order valence-corrected chi connectivity index (χ1v) is 16.3. The van der Waals surface area contributed by atoms with Gasteiger partial charge in [-0.3, -0.25) is 19.2 Å². The predicted octanol–water partition coefficient (Wildman–Crippen LogP) is 7.04. The van der Waals surface area contributed by atoms with Crippen molar-refractivity contribution in [3.63, 3.8) is 0 Å². The van der Waals surface area contributed by atoms with Gasteiger partial charge in [-0.15, -0.1) is 0 Å². The topological polar surface area (TPSA) is 114 Å². The summed E-state index contributed by atoms with van der Waals surface area (Å²) in [6.45, 7) is 7.33. The van der Waals surface area contributed by atoms with Crippen molar-refractivity contribution in [1.82, 2.24) is 10.6 Å². The molecule has 0 bridgehead atoms. The molecule has 0 saturated carbocycles. The zero-order valence-electron chi connectivity index (χ0n) is 28.3. The van der Waals surface area contributed by atoms with Crippen LogP contribution in [-0.2, 0) is 37.1 Å². The second-order valence-electron chi connectivity index (χ2n) is 12.0. The lowest BCUT2D eigenvalue weighted by molar-refractivity contribution is -0.150. The maximum Gasteiger partial charge on any atom is 0.416 e. The fourth-order valence-corrected chi connectivity index (χ4v) is 5.61. The average Bonchev–Trinajstić information content (AvgIpc) is 3.09. The lowest BCUT2D eigenvalue weighted by atomic mass is 9.79. The average molecular weight is 688 g/mol. The number of hydrogen-bond donors (Lipinski definition) is 3. The Morgan fingerprint density at radius 2 is 1.34 bits per heavy atom. The van der Waals surface area contributed by atoms with Gasteiger partial charge in [0.15, 0.2) is 5.41 Å². The minimum atomic E-state index is -4.48. The van der Waals surface area contributed by atoms with Gasteiger partial charge in [-0.25, -0.2) is 0 Å². The molecule has 0 unspecified atom stereocenters. The van der Waals surface area contributed by atoms with Crippen LogP contribution in [0.4, 0.5) is 18.9 Å². The first-order chi connectivity index (χ1) is 23.8. The molecule has 262 valence electrons. The van der Waals surface area contributed by atoms with E-state index in [1.807, 2.05) is 13.8 Å². The molecule has 0 saturated heterocycles. The summed E-state index contributed by atoms with van der Waals surface area (Å²) in [5, 5.41) is 8.33. The van der Waals surface area contributed by atoms with E-state index in [2.05, 4.69) is 16.0 Å². The number of hydrogen-bond acceptors (Lipinski definition) is 5. The maximum atomic E-state index is 13.5. The Morgan fingerprint density at radius 3 is 1.92 bits per heavy atom. The Hall–Kier alpha value is -5.45. The molecular formula is C39H40F3N3O5. The molecular weight excluding hydrogens is 647 g/mol. The molecule has 50 heavy (non-hydrogen) atoms. The number of rotatable bonds is 13. The molecule has 0 atom stereocenters. The van der Waals surface area contributed by atoms with Gasteiger partial charge < -0.3 is 20.7 Å². The summed E-state index contributed by atoms with van der Waals surface area (Å²) in [6.07, 6.45) is -4.64. The van der Waals surface area contributed by atoms with Crippen molar-refractivity contribution >= 4 is 29.4 Å². The smallest absolute Gasteiger partial charge is 0.416 e. The summed E-state index contributed by atoms with van der Waals surface area (Å²) < 4.78 is 45.0. The minimum Gasteiger partial charge on any atom is -0.463 e. The van der Waals surface area contributed by atoms with Crippen molar-refractivity contribution in [2.24, 2.45) is 0 Å². The van der Waals surface area contributed by atoms with Crippen LogP contribution in [0.25, 0.3) is 11.1 Å². The fourth-order valence-electron chi connectivity index (χ4n) is 5.61. The molecule has 0 heterocycles. The van der Waals surface area contributed by atoms with Crippen molar-refractivity contribution in [2.45, 2.75) is 51.6 Å². The second-order valence-corrected chi connectivity index (χ2v) is 12.0. The predicted molar refractivity (Wildman–Crippen MR) is 186 cm³/mol. The van der Waals surface area contributed by atoms with E-state index < -0.39 is 47.5 Å². The third-order valence-electron chi connectivity index (χ3n) is 8.20. The van der Waals surface area contributed by atoms with Gasteiger partial charge in [0.2, 0.25) is 11.8 Å². The Labute approximate surface area is 289 Å². The van der Waals surface area contributed by atoms with Crippen molar-refractivity contribution < 1.29 is 37.1 Å². The van der Waals surface area contributed by atoms with E-state index in [1.165, 1.54) is 12.1 Å². The number of halogens is 3. The van der Waals surface area contributed by atoms with E-state index in [0.717, 1.165) is 17.7 Å². The van der Waals surface area contributed by atoms with Gasteiger partial charge in [-0.05, 0) is 71.8 Å². The number of carbonyl (C=O) groups excluding carboxylic acids is 4. The SMILES string of the molecule is CCNC(=O)C(COC(=O)Cc1ccc(NC(=O)c2ccccc2-c2ccc(C(F)(F)F)cc2)c(C(C)C)c1)(C(=O)NCC)c1ccccc1. The summed E-state index contributed by atoms with van der Waals surface area (Å²) in [7, 11) is 0. The van der Waals surface area contributed by atoms with E-state index in [9.17, 15) is 32.3 Å². The van der Waals surface area contributed by atoms with Crippen LogP contribution in [0.5, 0.6) is 0 Å². The number of esters is 1. The summed E-state index contributed by atoms with van der Waals surface area (Å²) in [5.74, 6) is -2.37. The standard InChI is InChI=1S/C39H40F3N3O5/c1-5-43-36(48)38(37(49)44-6-2,28-12-8-7-9-13-28)24-50-34(46)23-26-16-21-33(32(22-26)25(3)4)45-35(47)31-15-11-10-14-30(31)27-17-19-29(20-18-27)39(40,41)42/h7-22,25H,5-6,23-24H2,1-4H3,(H,43,48)(H,44,49)(H,45,47). The monoisotopic (exact) mass is 687 g/mol. The van der Waals surface area contributed by atoms with E-state index >= 15 is 0 Å². The van der Waals surface area contributed by atoms with E-state index in [1.54, 1.807) is 86.6 Å². The van der Waals surface area contributed by atoms with E-state index in [4.69, 9.17) is 4.74 Å². The molecule has 4 aromatic rings. The molecule has 0 spiro atoms. The number of carbonyl (C=O) groups is 4. The highest BCUT2D eigenvalue weighted by atomic mass is 19.4. The Kier molecular flexibility index (Phi) is 12.2. The van der Waals surface area contributed by atoms with Crippen LogP contribution < -0.4 is 16.0 Å². The van der Waals surface area contributed by atoms with Crippen molar-refractivity contribution in [3.8, 4) is 11.1 Å². The summed E-state index contributed by atoms with van der Waals surface area (Å²) in [6, 6.07) is 24.8. The second kappa shape index (κ2) is 16.3. The van der Waals surface area contributed by atoms with E-state index in [0.29, 0.717) is 27.9 Å². The van der Waals surface area contributed by atoms with Crippen LogP contribution in [0.15, 0.2) is 97.1 Å². The largest absolute Gasteiger partial charge is 0.463 e. The van der Waals surface area contributed by atoms with Crippen molar-refractivity contribution in [2.75, 3.05) is 25.0 Å². The minimum absolute atomic E-state index is 0.0763. The zero-order valence-corrected chi connectivity index (χ0v) is 28.3. The number of nitrogens with one attached hydrogen (secondary N) is 3. The van der Waals surface area contributed by atoms with Gasteiger partial charge in [0.25, 0.3) is 5.91 Å². The maximum absolute atomic E-state index is 13.5. The van der Waals surface area contributed by atoms with Gasteiger partial charge in [-0.2, -0.15) is 13.2 Å². The van der Waals surface area contributed by atoms with Crippen LogP contribution >= 0.6 is 0 Å². The van der Waals surface area contributed by atoms with Crippen LogP contribution in [-0.4, -0.2) is 43.4 Å². The van der Waals surface area contributed by atoms with Gasteiger partial charge >= 0.3 is 12.1 Å². The quantitative estimate of drug-likeness (QED) is 0.103. The Balaban J connectivity index is 1.54. The fraction of sp³-hybridized carbons (Fsp3) is 0.282. The zero-order chi connectivity index (χ0) is 36.5. The summed E-state index contributed by atoms with van der Waals surface area (Å²) in [5.41, 5.74) is 0.808. The van der Waals surface area contributed by atoms with Gasteiger partial charge in [0, 0.05) is 24.3 Å².